The van der Waals surface area contributed by atoms with Crippen molar-refractivity contribution >= 4 is 21.6 Å². The van der Waals surface area contributed by atoms with Gasteiger partial charge in [-0.3, -0.25) is 4.90 Å². The first kappa shape index (κ1) is 16.5. The van der Waals surface area contributed by atoms with Crippen LogP contribution in [-0.2, 0) is 14.8 Å². The van der Waals surface area contributed by atoms with Crippen molar-refractivity contribution in [2.45, 2.75) is 4.90 Å². The number of sulfonamides is 1. The topological polar surface area (TPSA) is 67.9 Å². The molecule has 1 heterocycles. The van der Waals surface area contributed by atoms with Gasteiger partial charge in [-0.15, -0.1) is 0 Å². The quantitative estimate of drug-likeness (QED) is 0.839. The summed E-state index contributed by atoms with van der Waals surface area (Å²) in [6, 6.07) is 4.39. The molecule has 6 nitrogen and oxygen atoms in total. The monoisotopic (exact) mass is 334 g/mol. The number of morpholine rings is 1. The maximum atomic E-state index is 12.2. The van der Waals surface area contributed by atoms with Crippen LogP contribution in [0.5, 0.6) is 5.75 Å². The lowest BCUT2D eigenvalue weighted by molar-refractivity contribution is 0.0390. The molecule has 8 heteroatoms. The van der Waals surface area contributed by atoms with Gasteiger partial charge in [-0.05, 0) is 12.1 Å². The largest absolute Gasteiger partial charge is 0.495 e. The Hall–Kier alpha value is -0.860. The number of halogens is 1. The molecule has 0 spiro atoms. The van der Waals surface area contributed by atoms with Crippen molar-refractivity contribution in [2.75, 3.05) is 46.5 Å². The Labute approximate surface area is 130 Å². The van der Waals surface area contributed by atoms with Crippen LogP contribution in [-0.4, -0.2) is 59.8 Å². The molecular formula is C13H19ClN2O4S. The predicted octanol–water partition coefficient (Wildman–Crippen LogP) is 0.959. The highest BCUT2D eigenvalue weighted by atomic mass is 35.5. The van der Waals surface area contributed by atoms with Crippen LogP contribution in [0.1, 0.15) is 0 Å². The normalized spacial score (nSPS) is 16.9. The van der Waals surface area contributed by atoms with Crippen LogP contribution in [0.25, 0.3) is 0 Å². The van der Waals surface area contributed by atoms with Crippen LogP contribution in [0.4, 0.5) is 0 Å². The summed E-state index contributed by atoms with van der Waals surface area (Å²) in [5, 5.41) is 0.379. The van der Waals surface area contributed by atoms with Crippen LogP contribution in [0.2, 0.25) is 5.02 Å². The zero-order chi connectivity index (χ0) is 15.3. The van der Waals surface area contributed by atoms with E-state index in [4.69, 9.17) is 21.1 Å². The summed E-state index contributed by atoms with van der Waals surface area (Å²) in [5.41, 5.74) is 0. The van der Waals surface area contributed by atoms with Crippen LogP contribution >= 0.6 is 11.6 Å². The molecule has 0 aromatic heterocycles. The van der Waals surface area contributed by atoms with Crippen molar-refractivity contribution in [3.8, 4) is 5.75 Å². The number of nitrogens with one attached hydrogen (secondary N) is 1. The van der Waals surface area contributed by atoms with E-state index in [0.29, 0.717) is 37.1 Å². The van der Waals surface area contributed by atoms with Gasteiger partial charge in [0.05, 0.1) is 30.2 Å². The number of ether oxygens (including phenoxy) is 2. The Morgan fingerprint density at radius 3 is 2.76 bits per heavy atom. The van der Waals surface area contributed by atoms with Crippen LogP contribution in [0, 0.1) is 0 Å². The van der Waals surface area contributed by atoms with Gasteiger partial charge in [0.1, 0.15) is 5.75 Å². The zero-order valence-electron chi connectivity index (χ0n) is 11.8. The fourth-order valence-corrected chi connectivity index (χ4v) is 3.28. The first-order chi connectivity index (χ1) is 10.0. The van der Waals surface area contributed by atoms with E-state index in [1.54, 1.807) is 0 Å². The third kappa shape index (κ3) is 4.55. The van der Waals surface area contributed by atoms with Crippen molar-refractivity contribution in [3.05, 3.63) is 23.2 Å². The number of rotatable bonds is 6. The summed E-state index contributed by atoms with van der Waals surface area (Å²) < 4.78 is 37.3. The standard InChI is InChI=1S/C13H19ClN2O4S/c1-19-13-10-11(2-3-12(13)14)21(17,18)15-4-5-16-6-8-20-9-7-16/h2-3,10,15H,4-9H2,1H3. The molecule has 1 N–H and O–H groups in total. The van der Waals surface area contributed by atoms with Gasteiger partial charge in [0.2, 0.25) is 10.0 Å². The molecule has 118 valence electrons. The van der Waals surface area contributed by atoms with Gasteiger partial charge < -0.3 is 9.47 Å². The van der Waals surface area contributed by atoms with E-state index in [1.807, 2.05) is 0 Å². The molecule has 0 unspecified atom stereocenters. The Bertz CT molecular complexity index is 574. The lowest BCUT2D eigenvalue weighted by atomic mass is 10.3. The molecule has 1 aliphatic rings. The van der Waals surface area contributed by atoms with E-state index in [-0.39, 0.29) is 4.90 Å². The summed E-state index contributed by atoms with van der Waals surface area (Å²) in [4.78, 5) is 2.31. The van der Waals surface area contributed by atoms with Crippen LogP contribution < -0.4 is 9.46 Å². The number of hydrogen-bond donors (Lipinski definition) is 1. The van der Waals surface area contributed by atoms with E-state index in [9.17, 15) is 8.42 Å². The Kier molecular flexibility index (Phi) is 5.83. The molecule has 0 saturated carbocycles. The average Bonchev–Trinajstić information content (AvgIpc) is 2.48. The van der Waals surface area contributed by atoms with Gasteiger partial charge in [-0.25, -0.2) is 13.1 Å². The first-order valence-electron chi connectivity index (χ1n) is 6.66. The van der Waals surface area contributed by atoms with Gasteiger partial charge in [0.15, 0.2) is 0 Å². The van der Waals surface area contributed by atoms with Crippen molar-refractivity contribution in [3.63, 3.8) is 0 Å². The van der Waals surface area contributed by atoms with Gasteiger partial charge in [0, 0.05) is 32.2 Å². The molecular weight excluding hydrogens is 316 g/mol. The first-order valence-corrected chi connectivity index (χ1v) is 8.52. The molecule has 0 radical (unpaired) electrons. The minimum Gasteiger partial charge on any atom is -0.495 e. The predicted molar refractivity (Wildman–Crippen MR) is 80.5 cm³/mol. The summed E-state index contributed by atoms with van der Waals surface area (Å²) >= 11 is 5.89. The Morgan fingerprint density at radius 1 is 1.38 bits per heavy atom. The fraction of sp³-hybridized carbons (Fsp3) is 0.538. The second-order valence-electron chi connectivity index (χ2n) is 4.65. The van der Waals surface area contributed by atoms with Gasteiger partial charge in [0.25, 0.3) is 0 Å². The summed E-state index contributed by atoms with van der Waals surface area (Å²) in [5.74, 6) is 0.340. The maximum Gasteiger partial charge on any atom is 0.240 e. The van der Waals surface area contributed by atoms with Crippen molar-refractivity contribution in [2.24, 2.45) is 0 Å². The molecule has 2 rings (SSSR count). The van der Waals surface area contributed by atoms with Gasteiger partial charge in [-0.1, -0.05) is 11.6 Å². The lowest BCUT2D eigenvalue weighted by Gasteiger charge is -2.26. The third-order valence-electron chi connectivity index (χ3n) is 3.26. The molecule has 1 aliphatic heterocycles. The molecule has 1 aromatic carbocycles. The van der Waals surface area contributed by atoms with Gasteiger partial charge >= 0.3 is 0 Å². The van der Waals surface area contributed by atoms with Crippen molar-refractivity contribution in [1.82, 2.24) is 9.62 Å². The zero-order valence-corrected chi connectivity index (χ0v) is 13.4. The van der Waals surface area contributed by atoms with E-state index in [2.05, 4.69) is 9.62 Å². The molecule has 0 aliphatic carbocycles. The Balaban J connectivity index is 1.94. The maximum absolute atomic E-state index is 12.2. The highest BCUT2D eigenvalue weighted by Crippen LogP contribution is 2.26. The number of benzene rings is 1. The Morgan fingerprint density at radius 2 is 2.10 bits per heavy atom. The number of hydrogen-bond acceptors (Lipinski definition) is 5. The highest BCUT2D eigenvalue weighted by Gasteiger charge is 2.17. The minimum absolute atomic E-state index is 0.144. The van der Waals surface area contributed by atoms with Crippen LogP contribution in [0.15, 0.2) is 23.1 Å². The van der Waals surface area contributed by atoms with Crippen molar-refractivity contribution < 1.29 is 17.9 Å². The fourth-order valence-electron chi connectivity index (χ4n) is 2.05. The third-order valence-corrected chi connectivity index (χ3v) is 5.03. The summed E-state index contributed by atoms with van der Waals surface area (Å²) in [7, 11) is -2.11. The highest BCUT2D eigenvalue weighted by molar-refractivity contribution is 7.89. The van der Waals surface area contributed by atoms with E-state index >= 15 is 0 Å². The second kappa shape index (κ2) is 7.42. The van der Waals surface area contributed by atoms with Crippen molar-refractivity contribution in [1.29, 1.82) is 0 Å². The lowest BCUT2D eigenvalue weighted by Crippen LogP contribution is -2.41. The second-order valence-corrected chi connectivity index (χ2v) is 6.82. The molecule has 21 heavy (non-hydrogen) atoms. The molecule has 0 amide bonds. The average molecular weight is 335 g/mol. The molecule has 0 bridgehead atoms. The molecule has 1 aromatic rings. The summed E-state index contributed by atoms with van der Waals surface area (Å²) in [6.07, 6.45) is 0. The smallest absolute Gasteiger partial charge is 0.240 e. The van der Waals surface area contributed by atoms with E-state index in [1.165, 1.54) is 25.3 Å². The summed E-state index contributed by atoms with van der Waals surface area (Å²) in [6.45, 7) is 4.07. The molecule has 1 fully saturated rings. The number of methoxy groups -OCH3 is 1. The van der Waals surface area contributed by atoms with Gasteiger partial charge in [-0.2, -0.15) is 0 Å². The SMILES string of the molecule is COc1cc(S(=O)(=O)NCCN2CCOCC2)ccc1Cl. The van der Waals surface area contributed by atoms with E-state index in [0.717, 1.165) is 13.1 Å². The number of nitrogens with zero attached hydrogens (tertiary/aromatic N) is 1. The van der Waals surface area contributed by atoms with Crippen LogP contribution in [0.3, 0.4) is 0 Å². The molecule has 1 saturated heterocycles. The van der Waals surface area contributed by atoms with E-state index < -0.39 is 10.0 Å². The molecule has 0 atom stereocenters. The minimum atomic E-state index is -3.56.